The quantitative estimate of drug-likeness (QED) is 0.782. The van der Waals surface area contributed by atoms with E-state index in [-0.39, 0.29) is 11.6 Å². The van der Waals surface area contributed by atoms with Crippen molar-refractivity contribution >= 4 is 23.3 Å². The lowest BCUT2D eigenvalue weighted by Gasteiger charge is -2.25. The van der Waals surface area contributed by atoms with Gasteiger partial charge in [0.25, 0.3) is 0 Å². The van der Waals surface area contributed by atoms with E-state index in [0.29, 0.717) is 25.3 Å². The highest BCUT2D eigenvalue weighted by molar-refractivity contribution is 5.92. The van der Waals surface area contributed by atoms with Crippen LogP contribution in [0.1, 0.15) is 12.5 Å². The number of rotatable bonds is 7. The molecule has 0 aliphatic rings. The fraction of sp³-hybridized carbons (Fsp3) is 0.316. The third-order valence-corrected chi connectivity index (χ3v) is 3.73. The Balaban J connectivity index is 2.15. The predicted octanol–water partition coefficient (Wildman–Crippen LogP) is 2.77. The van der Waals surface area contributed by atoms with Gasteiger partial charge in [-0.2, -0.15) is 0 Å². The molecule has 0 atom stereocenters. The van der Waals surface area contributed by atoms with E-state index in [1.54, 1.807) is 23.4 Å². The van der Waals surface area contributed by atoms with E-state index in [1.807, 2.05) is 25.1 Å². The minimum absolute atomic E-state index is 0.00675. The number of likely N-dealkylation sites (N-methyl/N-ethyl adjacent to an activating group) is 1. The molecule has 144 valence electrons. The SMILES string of the molecule is CC(=O)Nc1ccc(F)c(NC(=O)N(CCN(C)C)Cc2cccnc2)c1. The number of halogens is 1. The van der Waals surface area contributed by atoms with Gasteiger partial charge in [-0.3, -0.25) is 9.78 Å². The Morgan fingerprint density at radius 1 is 1.15 bits per heavy atom. The number of pyridine rings is 1. The van der Waals surface area contributed by atoms with Crippen LogP contribution < -0.4 is 10.6 Å². The molecule has 0 saturated heterocycles. The maximum atomic E-state index is 14.1. The average molecular weight is 373 g/mol. The Labute approximate surface area is 158 Å². The second kappa shape index (κ2) is 9.63. The van der Waals surface area contributed by atoms with Crippen LogP contribution in [0.2, 0.25) is 0 Å². The van der Waals surface area contributed by atoms with E-state index in [4.69, 9.17) is 0 Å². The van der Waals surface area contributed by atoms with Crippen molar-refractivity contribution in [1.82, 2.24) is 14.8 Å². The molecule has 1 aromatic carbocycles. The minimum Gasteiger partial charge on any atom is -0.326 e. The van der Waals surface area contributed by atoms with Gasteiger partial charge in [0, 0.05) is 44.6 Å². The Morgan fingerprint density at radius 3 is 2.56 bits per heavy atom. The first-order valence-electron chi connectivity index (χ1n) is 8.52. The molecule has 0 saturated carbocycles. The number of anilines is 2. The lowest BCUT2D eigenvalue weighted by Crippen LogP contribution is -2.39. The molecule has 7 nitrogen and oxygen atoms in total. The average Bonchev–Trinajstić information content (AvgIpc) is 2.61. The highest BCUT2D eigenvalue weighted by Crippen LogP contribution is 2.20. The van der Waals surface area contributed by atoms with Crippen LogP contribution in [0.4, 0.5) is 20.6 Å². The lowest BCUT2D eigenvalue weighted by molar-refractivity contribution is -0.114. The zero-order chi connectivity index (χ0) is 19.8. The highest BCUT2D eigenvalue weighted by atomic mass is 19.1. The first-order chi connectivity index (χ1) is 12.8. The van der Waals surface area contributed by atoms with E-state index in [2.05, 4.69) is 15.6 Å². The molecule has 2 N–H and O–H groups in total. The van der Waals surface area contributed by atoms with Gasteiger partial charge in [-0.15, -0.1) is 0 Å². The number of aromatic nitrogens is 1. The summed E-state index contributed by atoms with van der Waals surface area (Å²) >= 11 is 0. The summed E-state index contributed by atoms with van der Waals surface area (Å²) in [5.74, 6) is -0.852. The normalized spacial score (nSPS) is 10.6. The fourth-order valence-corrected chi connectivity index (χ4v) is 2.38. The number of amides is 3. The number of carbonyl (C=O) groups is 2. The summed E-state index contributed by atoms with van der Waals surface area (Å²) in [5.41, 5.74) is 1.29. The molecule has 1 heterocycles. The van der Waals surface area contributed by atoms with Crippen molar-refractivity contribution in [3.8, 4) is 0 Å². The van der Waals surface area contributed by atoms with E-state index >= 15 is 0 Å². The Hall–Kier alpha value is -3.00. The van der Waals surface area contributed by atoms with Crippen molar-refractivity contribution in [2.75, 3.05) is 37.8 Å². The number of benzene rings is 1. The summed E-state index contributed by atoms with van der Waals surface area (Å²) in [6, 6.07) is 7.27. The van der Waals surface area contributed by atoms with Crippen LogP contribution in [0.25, 0.3) is 0 Å². The van der Waals surface area contributed by atoms with Gasteiger partial charge in [0.1, 0.15) is 5.82 Å². The van der Waals surface area contributed by atoms with Crippen molar-refractivity contribution in [2.45, 2.75) is 13.5 Å². The standard InChI is InChI=1S/C19H24FN5O2/c1-14(26)22-16-6-7-17(20)18(11-16)23-19(27)25(10-9-24(2)3)13-15-5-4-8-21-12-15/h4-8,11-12H,9-10,13H2,1-3H3,(H,22,26)(H,23,27). The van der Waals surface area contributed by atoms with Gasteiger partial charge in [-0.25, -0.2) is 9.18 Å². The molecule has 0 bridgehead atoms. The molecule has 2 rings (SSSR count). The van der Waals surface area contributed by atoms with Gasteiger partial charge < -0.3 is 20.4 Å². The fourth-order valence-electron chi connectivity index (χ4n) is 2.38. The van der Waals surface area contributed by atoms with E-state index in [1.165, 1.54) is 25.1 Å². The highest BCUT2D eigenvalue weighted by Gasteiger charge is 2.17. The van der Waals surface area contributed by atoms with Gasteiger partial charge in [0.15, 0.2) is 0 Å². The summed E-state index contributed by atoms with van der Waals surface area (Å²) < 4.78 is 14.1. The van der Waals surface area contributed by atoms with Gasteiger partial charge in [0.05, 0.1) is 5.69 Å². The number of nitrogens with zero attached hydrogens (tertiary/aromatic N) is 3. The van der Waals surface area contributed by atoms with Crippen LogP contribution in [0.5, 0.6) is 0 Å². The van der Waals surface area contributed by atoms with Crippen molar-refractivity contribution in [1.29, 1.82) is 0 Å². The minimum atomic E-state index is -0.577. The molecular formula is C19H24FN5O2. The summed E-state index contributed by atoms with van der Waals surface area (Å²) in [6.07, 6.45) is 3.35. The van der Waals surface area contributed by atoms with Crippen LogP contribution in [0.3, 0.4) is 0 Å². The molecule has 0 unspecified atom stereocenters. The Kier molecular flexibility index (Phi) is 7.25. The van der Waals surface area contributed by atoms with Crippen LogP contribution in [-0.4, -0.2) is 53.9 Å². The summed E-state index contributed by atoms with van der Waals surface area (Å²) in [4.78, 5) is 31.5. The zero-order valence-corrected chi connectivity index (χ0v) is 15.7. The second-order valence-corrected chi connectivity index (χ2v) is 6.39. The number of carbonyl (C=O) groups excluding carboxylic acids is 2. The predicted molar refractivity (Wildman–Crippen MR) is 103 cm³/mol. The molecule has 8 heteroatoms. The molecule has 1 aromatic heterocycles. The molecule has 0 spiro atoms. The van der Waals surface area contributed by atoms with Crippen molar-refractivity contribution < 1.29 is 14.0 Å². The second-order valence-electron chi connectivity index (χ2n) is 6.39. The van der Waals surface area contributed by atoms with Gasteiger partial charge in [-0.1, -0.05) is 6.07 Å². The van der Waals surface area contributed by atoms with Crippen LogP contribution >= 0.6 is 0 Å². The molecule has 3 amide bonds. The summed E-state index contributed by atoms with van der Waals surface area (Å²) in [5, 5.41) is 5.16. The Bertz CT molecular complexity index is 783. The zero-order valence-electron chi connectivity index (χ0n) is 15.7. The molecular weight excluding hydrogens is 349 g/mol. The van der Waals surface area contributed by atoms with Crippen molar-refractivity contribution in [3.63, 3.8) is 0 Å². The largest absolute Gasteiger partial charge is 0.326 e. The number of urea groups is 1. The van der Waals surface area contributed by atoms with Crippen LogP contribution in [0, 0.1) is 5.82 Å². The van der Waals surface area contributed by atoms with Crippen molar-refractivity contribution in [2.24, 2.45) is 0 Å². The first-order valence-corrected chi connectivity index (χ1v) is 8.52. The smallest absolute Gasteiger partial charge is 0.322 e. The number of nitrogens with one attached hydrogen (secondary N) is 2. The molecule has 27 heavy (non-hydrogen) atoms. The Morgan fingerprint density at radius 2 is 1.93 bits per heavy atom. The lowest BCUT2D eigenvalue weighted by atomic mass is 10.2. The van der Waals surface area contributed by atoms with Gasteiger partial charge >= 0.3 is 6.03 Å². The van der Waals surface area contributed by atoms with E-state index in [0.717, 1.165) is 5.56 Å². The number of hydrogen-bond acceptors (Lipinski definition) is 4. The van der Waals surface area contributed by atoms with E-state index < -0.39 is 11.8 Å². The van der Waals surface area contributed by atoms with Crippen molar-refractivity contribution in [3.05, 3.63) is 54.1 Å². The van der Waals surface area contributed by atoms with Crippen LogP contribution in [0.15, 0.2) is 42.7 Å². The molecule has 2 aromatic rings. The summed E-state index contributed by atoms with van der Waals surface area (Å²) in [6.45, 7) is 2.82. The summed E-state index contributed by atoms with van der Waals surface area (Å²) in [7, 11) is 3.83. The third-order valence-electron chi connectivity index (χ3n) is 3.73. The number of hydrogen-bond donors (Lipinski definition) is 2. The first kappa shape index (κ1) is 20.3. The van der Waals surface area contributed by atoms with E-state index in [9.17, 15) is 14.0 Å². The molecule has 0 radical (unpaired) electrons. The maximum Gasteiger partial charge on any atom is 0.322 e. The van der Waals surface area contributed by atoms with Gasteiger partial charge in [0.2, 0.25) is 5.91 Å². The molecule has 0 fully saturated rings. The maximum absolute atomic E-state index is 14.1. The van der Waals surface area contributed by atoms with Crippen LogP contribution in [-0.2, 0) is 11.3 Å². The molecule has 0 aliphatic carbocycles. The third kappa shape index (κ3) is 6.67. The molecule has 0 aliphatic heterocycles. The van der Waals surface area contributed by atoms with Gasteiger partial charge in [-0.05, 0) is 43.9 Å². The monoisotopic (exact) mass is 373 g/mol. The topological polar surface area (TPSA) is 77.6 Å².